The first-order valence-corrected chi connectivity index (χ1v) is 13.5. The van der Waals surface area contributed by atoms with Crippen molar-refractivity contribution in [2.45, 2.75) is 47.1 Å². The number of fused-ring (bicyclic) bond motifs is 3. The molecule has 0 saturated carbocycles. The van der Waals surface area contributed by atoms with E-state index in [1.165, 1.54) is 0 Å². The smallest absolute Gasteiger partial charge is 0.342 e. The van der Waals surface area contributed by atoms with Crippen LogP contribution in [0.4, 0.5) is 0 Å². The minimum absolute atomic E-state index is 0.0730. The normalized spacial score (nSPS) is 12.7. The third-order valence-corrected chi connectivity index (χ3v) is 6.75. The topological polar surface area (TPSA) is 106 Å². The van der Waals surface area contributed by atoms with Gasteiger partial charge in [0.2, 0.25) is 0 Å². The predicted molar refractivity (Wildman–Crippen MR) is 154 cm³/mol. The number of nitrogens with zero attached hydrogens (tertiary/aromatic N) is 1. The third kappa shape index (κ3) is 6.18. The highest BCUT2D eigenvalue weighted by Crippen LogP contribution is 2.46. The van der Waals surface area contributed by atoms with Crippen molar-refractivity contribution in [2.24, 2.45) is 5.41 Å². The Morgan fingerprint density at radius 3 is 2.54 bits per heavy atom. The Morgan fingerprint density at radius 1 is 1.13 bits per heavy atom. The number of ether oxygens (including phenoxy) is 2. The number of aromatic hydroxyl groups is 1. The van der Waals surface area contributed by atoms with Crippen LogP contribution in [0.2, 0.25) is 0 Å². The summed E-state index contributed by atoms with van der Waals surface area (Å²) < 4.78 is 17.8. The lowest BCUT2D eigenvalue weighted by Gasteiger charge is -2.23. The quantitative estimate of drug-likeness (QED) is 0.162. The zero-order chi connectivity index (χ0) is 28.2. The SMILES string of the molecule is CCOC(=O)c1c(C)oc2c1c(C(NCCNC)c1ccncc1)c(O)c1ccc(OCCC(C)(C)C)cc12. The molecule has 2 aromatic heterocycles. The molecular weight excluding hydrogens is 494 g/mol. The molecule has 0 saturated heterocycles. The van der Waals surface area contributed by atoms with Crippen LogP contribution in [0.15, 0.2) is 47.1 Å². The van der Waals surface area contributed by atoms with Crippen LogP contribution in [0.3, 0.4) is 0 Å². The predicted octanol–water partition coefficient (Wildman–Crippen LogP) is 5.89. The summed E-state index contributed by atoms with van der Waals surface area (Å²) >= 11 is 0. The third-order valence-electron chi connectivity index (χ3n) is 6.75. The van der Waals surface area contributed by atoms with Crippen molar-refractivity contribution >= 4 is 27.7 Å². The highest BCUT2D eigenvalue weighted by Gasteiger charge is 2.31. The van der Waals surface area contributed by atoms with Crippen LogP contribution in [0.25, 0.3) is 21.7 Å². The first-order chi connectivity index (χ1) is 18.7. The van der Waals surface area contributed by atoms with E-state index < -0.39 is 12.0 Å². The molecule has 1 atom stereocenters. The monoisotopic (exact) mass is 533 g/mol. The van der Waals surface area contributed by atoms with Gasteiger partial charge in [0.25, 0.3) is 0 Å². The number of rotatable bonds is 11. The molecule has 0 radical (unpaired) electrons. The molecular formula is C31H39N3O5. The van der Waals surface area contributed by atoms with E-state index >= 15 is 0 Å². The Balaban J connectivity index is 1.98. The van der Waals surface area contributed by atoms with Gasteiger partial charge >= 0.3 is 5.97 Å². The second-order valence-electron chi connectivity index (χ2n) is 10.9. The second-order valence-corrected chi connectivity index (χ2v) is 10.9. The molecule has 0 aliphatic rings. The average Bonchev–Trinajstić information content (AvgIpc) is 3.24. The van der Waals surface area contributed by atoms with E-state index in [1.807, 2.05) is 37.4 Å². The molecule has 4 aromatic rings. The summed E-state index contributed by atoms with van der Waals surface area (Å²) in [6.07, 6.45) is 4.32. The summed E-state index contributed by atoms with van der Waals surface area (Å²) in [4.78, 5) is 17.4. The maximum absolute atomic E-state index is 13.2. The van der Waals surface area contributed by atoms with Crippen molar-refractivity contribution in [1.29, 1.82) is 0 Å². The number of aryl methyl sites for hydroxylation is 1. The Kier molecular flexibility index (Phi) is 8.77. The molecule has 0 bridgehead atoms. The molecule has 8 nitrogen and oxygen atoms in total. The minimum atomic E-state index is -0.491. The number of esters is 1. The molecule has 0 spiro atoms. The number of pyridine rings is 1. The lowest BCUT2D eigenvalue weighted by atomic mass is 9.90. The van der Waals surface area contributed by atoms with Gasteiger partial charge < -0.3 is 29.6 Å². The van der Waals surface area contributed by atoms with Gasteiger partial charge in [0.1, 0.15) is 28.4 Å². The minimum Gasteiger partial charge on any atom is -0.507 e. The Morgan fingerprint density at radius 2 is 1.87 bits per heavy atom. The number of furan rings is 1. The van der Waals surface area contributed by atoms with Crippen molar-refractivity contribution < 1.29 is 23.8 Å². The zero-order valence-electron chi connectivity index (χ0n) is 23.7. The van der Waals surface area contributed by atoms with Gasteiger partial charge in [0.15, 0.2) is 0 Å². The highest BCUT2D eigenvalue weighted by atomic mass is 16.5. The molecule has 39 heavy (non-hydrogen) atoms. The summed E-state index contributed by atoms with van der Waals surface area (Å²) in [7, 11) is 1.88. The van der Waals surface area contributed by atoms with Gasteiger partial charge in [0.05, 0.1) is 19.3 Å². The van der Waals surface area contributed by atoms with Crippen molar-refractivity contribution in [3.05, 3.63) is 65.2 Å². The standard InChI is InChI=1S/C31H39N3O5/c1-7-37-30(36)24-19(2)39-29-23-18-21(38-17-12-31(3,4)5)8-9-22(23)28(35)26(25(24)29)27(34-16-15-32-6)20-10-13-33-14-11-20/h8-11,13-14,18,27,32,34-35H,7,12,15-17H2,1-6H3. The van der Waals surface area contributed by atoms with Gasteiger partial charge in [0, 0.05) is 47.2 Å². The molecule has 0 fully saturated rings. The molecule has 0 aliphatic carbocycles. The Hall–Kier alpha value is -3.62. The van der Waals surface area contributed by atoms with Crippen molar-refractivity contribution in [2.75, 3.05) is 33.4 Å². The molecule has 3 N–H and O–H groups in total. The molecule has 2 heterocycles. The molecule has 1 unspecified atom stereocenters. The molecule has 8 heteroatoms. The van der Waals surface area contributed by atoms with Crippen molar-refractivity contribution in [1.82, 2.24) is 15.6 Å². The van der Waals surface area contributed by atoms with Crippen LogP contribution >= 0.6 is 0 Å². The summed E-state index contributed by atoms with van der Waals surface area (Å²) in [5.74, 6) is 0.683. The summed E-state index contributed by atoms with van der Waals surface area (Å²) in [6, 6.07) is 8.93. The van der Waals surface area contributed by atoms with E-state index in [0.717, 1.165) is 12.0 Å². The molecule has 208 valence electrons. The highest BCUT2D eigenvalue weighted by molar-refractivity contribution is 6.17. The van der Waals surface area contributed by atoms with Crippen LogP contribution < -0.4 is 15.4 Å². The van der Waals surface area contributed by atoms with Gasteiger partial charge in [-0.1, -0.05) is 20.8 Å². The van der Waals surface area contributed by atoms with E-state index in [0.29, 0.717) is 64.1 Å². The van der Waals surface area contributed by atoms with Crippen molar-refractivity contribution in [3.63, 3.8) is 0 Å². The van der Waals surface area contributed by atoms with Gasteiger partial charge in [-0.15, -0.1) is 0 Å². The number of benzene rings is 2. The number of aromatic nitrogens is 1. The molecule has 0 aliphatic heterocycles. The fourth-order valence-corrected chi connectivity index (χ4v) is 4.75. The maximum atomic E-state index is 13.2. The van der Waals surface area contributed by atoms with E-state index in [9.17, 15) is 9.90 Å². The largest absolute Gasteiger partial charge is 0.507 e. The number of carbonyl (C=O) groups is 1. The zero-order valence-corrected chi connectivity index (χ0v) is 23.7. The Labute approximate surface area is 229 Å². The maximum Gasteiger partial charge on any atom is 0.342 e. The van der Waals surface area contributed by atoms with Crippen LogP contribution in [0.5, 0.6) is 11.5 Å². The lowest BCUT2D eigenvalue weighted by Crippen LogP contribution is -2.29. The number of likely N-dealkylation sites (N-methyl/N-ethyl adjacent to an activating group) is 1. The summed E-state index contributed by atoms with van der Waals surface area (Å²) in [5.41, 5.74) is 2.42. The number of carbonyl (C=O) groups excluding carboxylic acids is 1. The van der Waals surface area contributed by atoms with Crippen LogP contribution in [0, 0.1) is 12.3 Å². The second kappa shape index (κ2) is 12.1. The fraction of sp³-hybridized carbons (Fsp3) is 0.419. The van der Waals surface area contributed by atoms with E-state index in [2.05, 4.69) is 36.4 Å². The Bertz CT molecular complexity index is 1440. The van der Waals surface area contributed by atoms with Gasteiger partial charge in [-0.2, -0.15) is 0 Å². The van der Waals surface area contributed by atoms with Crippen LogP contribution in [-0.4, -0.2) is 49.4 Å². The van der Waals surface area contributed by atoms with Crippen LogP contribution in [-0.2, 0) is 4.74 Å². The van der Waals surface area contributed by atoms with Crippen LogP contribution in [0.1, 0.15) is 67.4 Å². The van der Waals surface area contributed by atoms with Crippen molar-refractivity contribution in [3.8, 4) is 11.5 Å². The lowest BCUT2D eigenvalue weighted by molar-refractivity contribution is 0.0526. The summed E-state index contributed by atoms with van der Waals surface area (Å²) in [6.45, 7) is 12.2. The number of hydrogen-bond acceptors (Lipinski definition) is 8. The number of phenolic OH excluding ortho intramolecular Hbond substituents is 1. The molecule has 0 amide bonds. The fourth-order valence-electron chi connectivity index (χ4n) is 4.75. The number of nitrogens with one attached hydrogen (secondary N) is 2. The molecule has 2 aromatic carbocycles. The van der Waals surface area contributed by atoms with E-state index in [4.69, 9.17) is 13.9 Å². The number of hydrogen-bond donors (Lipinski definition) is 3. The first kappa shape index (κ1) is 28.4. The van der Waals surface area contributed by atoms with Gasteiger partial charge in [-0.05, 0) is 68.6 Å². The molecule has 4 rings (SSSR count). The average molecular weight is 534 g/mol. The summed E-state index contributed by atoms with van der Waals surface area (Å²) in [5, 5.41) is 20.3. The van der Waals surface area contributed by atoms with E-state index in [-0.39, 0.29) is 17.8 Å². The van der Waals surface area contributed by atoms with Gasteiger partial charge in [-0.25, -0.2) is 4.79 Å². The van der Waals surface area contributed by atoms with E-state index in [1.54, 1.807) is 26.2 Å². The van der Waals surface area contributed by atoms with Gasteiger partial charge in [-0.3, -0.25) is 4.98 Å². The number of phenols is 1. The first-order valence-electron chi connectivity index (χ1n) is 13.5.